The summed E-state index contributed by atoms with van der Waals surface area (Å²) in [5, 5.41) is 12.4. The van der Waals surface area contributed by atoms with Crippen LogP contribution >= 0.6 is 0 Å². The molecule has 0 unspecified atom stereocenters. The Balaban J connectivity index is 1.88. The lowest BCUT2D eigenvalue weighted by Crippen LogP contribution is -2.45. The highest BCUT2D eigenvalue weighted by Gasteiger charge is 2.34. The van der Waals surface area contributed by atoms with Gasteiger partial charge < -0.3 is 15.0 Å². The fourth-order valence-corrected chi connectivity index (χ4v) is 4.19. The quantitative estimate of drug-likeness (QED) is 0.503. The molecule has 0 aliphatic carbocycles. The Kier molecular flexibility index (Phi) is 6.40. The first-order valence-corrected chi connectivity index (χ1v) is 10.7. The van der Waals surface area contributed by atoms with E-state index >= 15 is 0 Å². The van der Waals surface area contributed by atoms with Gasteiger partial charge in [-0.25, -0.2) is 0 Å². The van der Waals surface area contributed by atoms with Gasteiger partial charge in [-0.3, -0.25) is 4.79 Å². The van der Waals surface area contributed by atoms with E-state index in [9.17, 15) is 10.1 Å². The van der Waals surface area contributed by atoms with E-state index in [-0.39, 0.29) is 11.1 Å². The summed E-state index contributed by atoms with van der Waals surface area (Å²) in [4.78, 5) is 15.0. The van der Waals surface area contributed by atoms with Crippen LogP contribution in [0, 0.1) is 18.3 Å². The normalized spacial score (nSPS) is 17.5. The van der Waals surface area contributed by atoms with Crippen LogP contribution in [0.5, 0.6) is 5.75 Å². The molecule has 5 heteroatoms. The zero-order valence-electron chi connectivity index (χ0n) is 19.2. The number of carbonyl (C=O) groups is 1. The minimum absolute atomic E-state index is 0.0779. The second kappa shape index (κ2) is 8.85. The smallest absolute Gasteiger partial charge is 0.266 e. The standard InChI is InChI=1S/C26H31N3O2/c1-7-31-22-10-8-21(9-11-22)28-25(30)20(16-27)13-19-14-23-18(3)15-26(4,5)29(6)24(23)12-17(19)2/h8-14,18H,7,15H2,1-6H3,(H,28,30)/b20-13-/t18-/m1/s1. The molecule has 0 radical (unpaired) electrons. The lowest BCUT2D eigenvalue weighted by molar-refractivity contribution is -0.112. The monoisotopic (exact) mass is 417 g/mol. The molecule has 1 heterocycles. The second-order valence-corrected chi connectivity index (χ2v) is 8.83. The predicted octanol–water partition coefficient (Wildman–Crippen LogP) is 5.66. The fraction of sp³-hybridized carbons (Fsp3) is 0.385. The maximum absolute atomic E-state index is 12.7. The van der Waals surface area contributed by atoms with Crippen LogP contribution in [0.3, 0.4) is 0 Å². The molecule has 3 rings (SSSR count). The summed E-state index contributed by atoms with van der Waals surface area (Å²) in [6, 6.07) is 13.5. The Morgan fingerprint density at radius 1 is 1.32 bits per heavy atom. The maximum Gasteiger partial charge on any atom is 0.266 e. The third-order valence-electron chi connectivity index (χ3n) is 6.11. The highest BCUT2D eigenvalue weighted by Crippen LogP contribution is 2.43. The van der Waals surface area contributed by atoms with Crippen LogP contribution in [0.2, 0.25) is 0 Å². The number of fused-ring (bicyclic) bond motifs is 1. The van der Waals surface area contributed by atoms with Crippen LogP contribution in [0.1, 0.15) is 56.7 Å². The van der Waals surface area contributed by atoms with Crippen molar-refractivity contribution in [3.05, 3.63) is 58.7 Å². The summed E-state index contributed by atoms with van der Waals surface area (Å²) in [6.07, 6.45) is 2.73. The Hall–Kier alpha value is -3.26. The highest BCUT2D eigenvalue weighted by atomic mass is 16.5. The van der Waals surface area contributed by atoms with Crippen molar-refractivity contribution in [3.63, 3.8) is 0 Å². The molecule has 1 aliphatic heterocycles. The van der Waals surface area contributed by atoms with Crippen LogP contribution in [0.25, 0.3) is 6.08 Å². The van der Waals surface area contributed by atoms with Crippen molar-refractivity contribution >= 4 is 23.4 Å². The molecule has 0 aromatic heterocycles. The zero-order chi connectivity index (χ0) is 22.8. The number of amides is 1. The molecule has 1 N–H and O–H groups in total. The van der Waals surface area contributed by atoms with Crippen molar-refractivity contribution in [2.75, 3.05) is 23.9 Å². The molecule has 1 atom stereocenters. The first kappa shape index (κ1) is 22.4. The van der Waals surface area contributed by atoms with Crippen molar-refractivity contribution in [3.8, 4) is 11.8 Å². The maximum atomic E-state index is 12.7. The van der Waals surface area contributed by atoms with Gasteiger partial charge in [-0.1, -0.05) is 6.92 Å². The first-order valence-electron chi connectivity index (χ1n) is 10.7. The van der Waals surface area contributed by atoms with Crippen LogP contribution in [-0.2, 0) is 4.79 Å². The van der Waals surface area contributed by atoms with Gasteiger partial charge >= 0.3 is 0 Å². The third-order valence-corrected chi connectivity index (χ3v) is 6.11. The molecule has 162 valence electrons. The van der Waals surface area contributed by atoms with Crippen LogP contribution in [-0.4, -0.2) is 25.1 Å². The van der Waals surface area contributed by atoms with Crippen molar-refractivity contribution in [2.45, 2.75) is 52.5 Å². The number of ether oxygens (including phenoxy) is 1. The number of aryl methyl sites for hydroxylation is 1. The number of benzene rings is 2. The fourth-order valence-electron chi connectivity index (χ4n) is 4.19. The molecule has 5 nitrogen and oxygen atoms in total. The number of hydrogen-bond acceptors (Lipinski definition) is 4. The highest BCUT2D eigenvalue weighted by molar-refractivity contribution is 6.09. The minimum atomic E-state index is -0.421. The van der Waals surface area contributed by atoms with Crippen molar-refractivity contribution in [1.29, 1.82) is 5.26 Å². The molecule has 0 spiro atoms. The van der Waals surface area contributed by atoms with Crippen LogP contribution in [0.4, 0.5) is 11.4 Å². The molecule has 0 saturated heterocycles. The van der Waals surface area contributed by atoms with Crippen molar-refractivity contribution in [2.24, 2.45) is 0 Å². The van der Waals surface area contributed by atoms with Gasteiger partial charge in [-0.05, 0) is 99.2 Å². The Morgan fingerprint density at radius 2 is 2.00 bits per heavy atom. The van der Waals surface area contributed by atoms with E-state index in [1.54, 1.807) is 30.3 Å². The van der Waals surface area contributed by atoms with E-state index < -0.39 is 5.91 Å². The molecular formula is C26H31N3O2. The van der Waals surface area contributed by atoms with E-state index in [2.05, 4.69) is 56.2 Å². The van der Waals surface area contributed by atoms with Crippen LogP contribution in [0.15, 0.2) is 42.0 Å². The Labute approximate surface area is 185 Å². The molecule has 1 amide bonds. The van der Waals surface area contributed by atoms with Crippen LogP contribution < -0.4 is 15.0 Å². The average Bonchev–Trinajstić information content (AvgIpc) is 2.72. The molecule has 0 saturated carbocycles. The molecule has 31 heavy (non-hydrogen) atoms. The van der Waals surface area contributed by atoms with E-state index in [4.69, 9.17) is 4.74 Å². The molecule has 2 aromatic carbocycles. The van der Waals surface area contributed by atoms with Gasteiger partial charge in [-0.15, -0.1) is 0 Å². The lowest BCUT2D eigenvalue weighted by Gasteiger charge is -2.45. The van der Waals surface area contributed by atoms with Gasteiger partial charge in [0.15, 0.2) is 0 Å². The van der Waals surface area contributed by atoms with Gasteiger partial charge in [-0.2, -0.15) is 5.26 Å². The zero-order valence-corrected chi connectivity index (χ0v) is 19.2. The second-order valence-electron chi connectivity index (χ2n) is 8.83. The van der Waals surface area contributed by atoms with Gasteiger partial charge in [0.1, 0.15) is 17.4 Å². The lowest BCUT2D eigenvalue weighted by atomic mass is 9.79. The Bertz CT molecular complexity index is 1050. The van der Waals surface area contributed by atoms with Gasteiger partial charge in [0.05, 0.1) is 6.61 Å². The van der Waals surface area contributed by atoms with Crippen molar-refractivity contribution < 1.29 is 9.53 Å². The first-order chi connectivity index (χ1) is 14.7. The largest absolute Gasteiger partial charge is 0.494 e. The molecule has 0 bridgehead atoms. The number of nitrogens with one attached hydrogen (secondary N) is 1. The van der Waals surface area contributed by atoms with Crippen molar-refractivity contribution in [1.82, 2.24) is 0 Å². The van der Waals surface area contributed by atoms with E-state index in [1.165, 1.54) is 11.3 Å². The molecular weight excluding hydrogens is 386 g/mol. The van der Waals surface area contributed by atoms with E-state index in [0.717, 1.165) is 23.3 Å². The third kappa shape index (κ3) is 4.74. The Morgan fingerprint density at radius 3 is 2.61 bits per heavy atom. The number of rotatable bonds is 5. The number of carbonyl (C=O) groups excluding carboxylic acids is 1. The predicted molar refractivity (Wildman–Crippen MR) is 127 cm³/mol. The summed E-state index contributed by atoms with van der Waals surface area (Å²) in [6.45, 7) is 11.3. The van der Waals surface area contributed by atoms with Gasteiger partial charge in [0.25, 0.3) is 5.91 Å². The number of hydrogen-bond donors (Lipinski definition) is 1. The van der Waals surface area contributed by atoms with Gasteiger partial charge in [0, 0.05) is 24.0 Å². The number of anilines is 2. The summed E-state index contributed by atoms with van der Waals surface area (Å²) in [5.41, 5.74) is 5.20. The number of nitriles is 1. The minimum Gasteiger partial charge on any atom is -0.494 e. The summed E-state index contributed by atoms with van der Waals surface area (Å²) in [7, 11) is 2.13. The number of nitrogens with zero attached hydrogens (tertiary/aromatic N) is 2. The van der Waals surface area contributed by atoms with Gasteiger partial charge in [0.2, 0.25) is 0 Å². The molecule has 1 aliphatic rings. The topological polar surface area (TPSA) is 65.4 Å². The summed E-state index contributed by atoms with van der Waals surface area (Å²) < 4.78 is 5.42. The SMILES string of the molecule is CCOc1ccc(NC(=O)/C(C#N)=C\c2cc3c(cc2C)N(C)C(C)(C)C[C@H]3C)cc1. The molecule has 0 fully saturated rings. The summed E-state index contributed by atoms with van der Waals surface area (Å²) in [5.74, 6) is 0.718. The average molecular weight is 418 g/mol. The summed E-state index contributed by atoms with van der Waals surface area (Å²) >= 11 is 0. The van der Waals surface area contributed by atoms with E-state index in [0.29, 0.717) is 18.2 Å². The molecule has 2 aromatic rings. The van der Waals surface area contributed by atoms with E-state index in [1.807, 2.05) is 13.8 Å².